The Kier molecular flexibility index (Phi) is 5.88. The maximum atomic E-state index is 10.8. The number of nitrogens with zero attached hydrogens (tertiary/aromatic N) is 1. The van der Waals surface area contributed by atoms with Crippen LogP contribution in [-0.4, -0.2) is 35.6 Å². The zero-order valence-corrected chi connectivity index (χ0v) is 10.8. The average molecular weight is 215 g/mol. The Morgan fingerprint density at radius 3 is 1.80 bits per heavy atom. The van der Waals surface area contributed by atoms with Crippen molar-refractivity contribution in [3.63, 3.8) is 0 Å². The highest BCUT2D eigenvalue weighted by molar-refractivity contribution is 5.72. The van der Waals surface area contributed by atoms with E-state index < -0.39 is 12.0 Å². The van der Waals surface area contributed by atoms with Crippen LogP contribution in [0.4, 0.5) is 0 Å². The van der Waals surface area contributed by atoms with Gasteiger partial charge in [-0.1, -0.05) is 27.7 Å². The highest BCUT2D eigenvalue weighted by atomic mass is 16.4. The van der Waals surface area contributed by atoms with Crippen molar-refractivity contribution >= 4 is 5.97 Å². The van der Waals surface area contributed by atoms with Gasteiger partial charge in [-0.3, -0.25) is 9.69 Å². The van der Waals surface area contributed by atoms with Gasteiger partial charge in [-0.2, -0.15) is 0 Å². The van der Waals surface area contributed by atoms with E-state index in [0.29, 0.717) is 17.8 Å². The van der Waals surface area contributed by atoms with Gasteiger partial charge in [0.1, 0.15) is 6.04 Å². The molecule has 0 aliphatic rings. The van der Waals surface area contributed by atoms with Gasteiger partial charge in [-0.15, -0.1) is 0 Å². The lowest BCUT2D eigenvalue weighted by atomic mass is 9.85. The van der Waals surface area contributed by atoms with E-state index in [1.165, 1.54) is 0 Å². The molecular weight excluding hydrogens is 190 g/mol. The largest absolute Gasteiger partial charge is 0.480 e. The quantitative estimate of drug-likeness (QED) is 0.739. The smallest absolute Gasteiger partial charge is 0.320 e. The third kappa shape index (κ3) is 4.65. The molecule has 0 fully saturated rings. The van der Waals surface area contributed by atoms with Gasteiger partial charge in [-0.25, -0.2) is 0 Å². The molecule has 0 aromatic carbocycles. The number of carboxylic acids is 1. The summed E-state index contributed by atoms with van der Waals surface area (Å²) in [7, 11) is 1.89. The fourth-order valence-corrected chi connectivity index (χ4v) is 1.87. The second-order valence-electron chi connectivity index (χ2n) is 5.11. The monoisotopic (exact) mass is 215 g/mol. The Bertz CT molecular complexity index is 194. The molecule has 0 amide bonds. The van der Waals surface area contributed by atoms with Gasteiger partial charge in [0.2, 0.25) is 0 Å². The molecule has 1 atom stereocenters. The topological polar surface area (TPSA) is 40.5 Å². The number of hydrogen-bond acceptors (Lipinski definition) is 2. The minimum absolute atomic E-state index is 0.398. The highest BCUT2D eigenvalue weighted by Gasteiger charge is 2.24. The number of rotatable bonds is 6. The van der Waals surface area contributed by atoms with Gasteiger partial charge < -0.3 is 5.11 Å². The third-order valence-corrected chi connectivity index (χ3v) is 3.23. The number of hydrogen-bond donors (Lipinski definition) is 1. The van der Waals surface area contributed by atoms with Crippen LogP contribution in [0.2, 0.25) is 0 Å². The van der Waals surface area contributed by atoms with Crippen LogP contribution in [0.25, 0.3) is 0 Å². The van der Waals surface area contributed by atoms with Crippen LogP contribution in [0.1, 0.15) is 34.6 Å². The molecule has 0 spiro atoms. The van der Waals surface area contributed by atoms with E-state index in [9.17, 15) is 4.79 Å². The predicted molar refractivity (Wildman–Crippen MR) is 62.9 cm³/mol. The van der Waals surface area contributed by atoms with Crippen LogP contribution >= 0.6 is 0 Å². The third-order valence-electron chi connectivity index (χ3n) is 3.23. The van der Waals surface area contributed by atoms with Crippen molar-refractivity contribution in [2.45, 2.75) is 40.7 Å². The zero-order valence-electron chi connectivity index (χ0n) is 10.8. The van der Waals surface area contributed by atoms with E-state index in [0.717, 1.165) is 6.54 Å². The van der Waals surface area contributed by atoms with E-state index in [1.54, 1.807) is 6.92 Å². The first-order valence-electron chi connectivity index (χ1n) is 5.70. The average Bonchev–Trinajstić information content (AvgIpc) is 2.11. The van der Waals surface area contributed by atoms with Crippen LogP contribution in [0.3, 0.4) is 0 Å². The Morgan fingerprint density at radius 2 is 1.53 bits per heavy atom. The van der Waals surface area contributed by atoms with Crippen LogP contribution in [0.15, 0.2) is 0 Å². The van der Waals surface area contributed by atoms with E-state index in [4.69, 9.17) is 5.11 Å². The zero-order chi connectivity index (χ0) is 12.2. The van der Waals surface area contributed by atoms with Crippen LogP contribution in [0.5, 0.6) is 0 Å². The van der Waals surface area contributed by atoms with Gasteiger partial charge in [0, 0.05) is 6.54 Å². The highest BCUT2D eigenvalue weighted by Crippen LogP contribution is 2.21. The summed E-state index contributed by atoms with van der Waals surface area (Å²) in [4.78, 5) is 12.7. The van der Waals surface area contributed by atoms with Crippen molar-refractivity contribution in [2.75, 3.05) is 13.6 Å². The van der Waals surface area contributed by atoms with Crippen LogP contribution in [0, 0.1) is 17.8 Å². The Morgan fingerprint density at radius 1 is 1.13 bits per heavy atom. The number of aliphatic carboxylic acids is 1. The first kappa shape index (κ1) is 14.4. The summed E-state index contributed by atoms with van der Waals surface area (Å²) < 4.78 is 0. The van der Waals surface area contributed by atoms with Crippen molar-refractivity contribution in [1.29, 1.82) is 0 Å². The first-order valence-corrected chi connectivity index (χ1v) is 5.70. The number of likely N-dealkylation sites (N-methyl/N-ethyl adjacent to an activating group) is 1. The lowest BCUT2D eigenvalue weighted by molar-refractivity contribution is -0.142. The lowest BCUT2D eigenvalue weighted by Crippen LogP contribution is -2.41. The molecule has 0 bridgehead atoms. The minimum Gasteiger partial charge on any atom is -0.480 e. The van der Waals surface area contributed by atoms with Gasteiger partial charge in [-0.05, 0) is 31.7 Å². The van der Waals surface area contributed by atoms with Crippen molar-refractivity contribution in [3.8, 4) is 0 Å². The molecular formula is C12H25NO2. The molecule has 0 aromatic heterocycles. The molecule has 0 rings (SSSR count). The van der Waals surface area contributed by atoms with Crippen LogP contribution < -0.4 is 0 Å². The summed E-state index contributed by atoms with van der Waals surface area (Å²) in [6.07, 6.45) is 0. The molecule has 15 heavy (non-hydrogen) atoms. The van der Waals surface area contributed by atoms with Crippen molar-refractivity contribution in [2.24, 2.45) is 17.8 Å². The molecule has 90 valence electrons. The van der Waals surface area contributed by atoms with Gasteiger partial charge in [0.25, 0.3) is 0 Å². The fourth-order valence-electron chi connectivity index (χ4n) is 1.87. The van der Waals surface area contributed by atoms with E-state index in [1.807, 2.05) is 11.9 Å². The van der Waals surface area contributed by atoms with Crippen molar-refractivity contribution in [1.82, 2.24) is 4.90 Å². The molecule has 0 heterocycles. The number of carbonyl (C=O) groups is 1. The molecule has 0 saturated carbocycles. The van der Waals surface area contributed by atoms with Gasteiger partial charge in [0.15, 0.2) is 0 Å². The second kappa shape index (κ2) is 6.11. The summed E-state index contributed by atoms with van der Waals surface area (Å²) in [6, 6.07) is -0.398. The van der Waals surface area contributed by atoms with Gasteiger partial charge in [0.05, 0.1) is 0 Å². The van der Waals surface area contributed by atoms with Gasteiger partial charge >= 0.3 is 5.97 Å². The second-order valence-corrected chi connectivity index (χ2v) is 5.11. The molecule has 0 radical (unpaired) electrons. The lowest BCUT2D eigenvalue weighted by Gasteiger charge is -2.31. The first-order chi connectivity index (χ1) is 6.77. The molecule has 3 heteroatoms. The summed E-state index contributed by atoms with van der Waals surface area (Å²) >= 11 is 0. The molecule has 0 saturated heterocycles. The van der Waals surface area contributed by atoms with E-state index >= 15 is 0 Å². The van der Waals surface area contributed by atoms with Crippen LogP contribution in [-0.2, 0) is 4.79 Å². The Hall–Kier alpha value is -0.570. The Labute approximate surface area is 93.5 Å². The summed E-state index contributed by atoms with van der Waals surface area (Å²) in [5.74, 6) is 0.988. The molecule has 3 nitrogen and oxygen atoms in total. The minimum atomic E-state index is -0.747. The summed E-state index contributed by atoms with van der Waals surface area (Å²) in [5.41, 5.74) is 0. The summed E-state index contributed by atoms with van der Waals surface area (Å²) in [6.45, 7) is 11.4. The van der Waals surface area contributed by atoms with E-state index in [2.05, 4.69) is 27.7 Å². The Balaban J connectivity index is 4.35. The molecule has 0 aromatic rings. The normalized spacial score (nSPS) is 14.3. The maximum absolute atomic E-state index is 10.8. The molecule has 1 N–H and O–H groups in total. The molecule has 0 aliphatic heterocycles. The van der Waals surface area contributed by atoms with Crippen molar-refractivity contribution in [3.05, 3.63) is 0 Å². The maximum Gasteiger partial charge on any atom is 0.320 e. The van der Waals surface area contributed by atoms with E-state index in [-0.39, 0.29) is 0 Å². The molecule has 1 unspecified atom stereocenters. The standard InChI is InChI=1S/C12H25NO2/c1-8(2)11(9(3)4)7-13(6)10(5)12(14)15/h8-11H,7H2,1-6H3,(H,14,15). The molecule has 0 aliphatic carbocycles. The summed E-state index contributed by atoms with van der Waals surface area (Å²) in [5, 5.41) is 8.90. The number of carboxylic acid groups (broad SMARTS) is 1. The predicted octanol–water partition coefficient (Wildman–Crippen LogP) is 2.32. The van der Waals surface area contributed by atoms with Crippen molar-refractivity contribution < 1.29 is 9.90 Å². The SMILES string of the molecule is CC(C)C(CN(C)C(C)C(=O)O)C(C)C. The fraction of sp³-hybridized carbons (Fsp3) is 0.917.